The van der Waals surface area contributed by atoms with Crippen LogP contribution in [0.4, 0.5) is 0 Å². The number of imidazole rings is 1. The summed E-state index contributed by atoms with van der Waals surface area (Å²) in [5.74, 6) is 0.962. The molecular weight excluding hydrogens is 320 g/mol. The average molecular weight is 344 g/mol. The molecule has 4 nitrogen and oxygen atoms in total. The number of aromatic amines is 1. The second-order valence-electron chi connectivity index (χ2n) is 7.35. The maximum atomic E-state index is 4.51. The SMILES string of the molecule is Cc1nc2ccc(-c3cccc4c3ccn4CCN3CCCC3)cc2[nH]1. The zero-order valence-corrected chi connectivity index (χ0v) is 15.2. The Hall–Kier alpha value is -2.59. The Morgan fingerprint density at radius 2 is 1.92 bits per heavy atom. The lowest BCUT2D eigenvalue weighted by atomic mass is 10.0. The molecule has 0 radical (unpaired) electrons. The topological polar surface area (TPSA) is 36.9 Å². The number of rotatable bonds is 4. The van der Waals surface area contributed by atoms with Gasteiger partial charge in [0.1, 0.15) is 5.82 Å². The van der Waals surface area contributed by atoms with Crippen LogP contribution in [0.1, 0.15) is 18.7 Å². The van der Waals surface area contributed by atoms with Crippen LogP contribution in [0.3, 0.4) is 0 Å². The highest BCUT2D eigenvalue weighted by atomic mass is 15.2. The van der Waals surface area contributed by atoms with Gasteiger partial charge in [-0.2, -0.15) is 0 Å². The molecule has 0 atom stereocenters. The first-order valence-electron chi connectivity index (χ1n) is 9.55. The van der Waals surface area contributed by atoms with E-state index in [2.05, 4.69) is 68.1 Å². The molecule has 4 aromatic rings. The van der Waals surface area contributed by atoms with Gasteiger partial charge in [-0.3, -0.25) is 0 Å². The number of nitrogens with zero attached hydrogens (tertiary/aromatic N) is 3. The fraction of sp³-hybridized carbons (Fsp3) is 0.318. The van der Waals surface area contributed by atoms with Crippen LogP contribution in [-0.4, -0.2) is 39.1 Å². The quantitative estimate of drug-likeness (QED) is 0.588. The number of fused-ring (bicyclic) bond motifs is 2. The van der Waals surface area contributed by atoms with Crippen LogP contribution >= 0.6 is 0 Å². The molecule has 3 heterocycles. The van der Waals surface area contributed by atoms with Gasteiger partial charge in [0.2, 0.25) is 0 Å². The Kier molecular flexibility index (Phi) is 3.79. The minimum atomic E-state index is 0.962. The van der Waals surface area contributed by atoms with Crippen molar-refractivity contribution in [3.05, 3.63) is 54.5 Å². The highest BCUT2D eigenvalue weighted by molar-refractivity contribution is 5.97. The number of benzene rings is 2. The van der Waals surface area contributed by atoms with Crippen molar-refractivity contribution in [2.75, 3.05) is 19.6 Å². The summed E-state index contributed by atoms with van der Waals surface area (Å²) >= 11 is 0. The molecule has 4 heteroatoms. The standard InChI is InChI=1S/C22H24N4/c1-16-23-20-8-7-17(15-21(20)24-16)18-5-4-6-22-19(18)9-12-26(22)14-13-25-10-2-3-11-25/h4-9,12,15H,2-3,10-11,13-14H2,1H3,(H,23,24). The molecular formula is C22H24N4. The first kappa shape index (κ1) is 15.6. The van der Waals surface area contributed by atoms with Crippen LogP contribution in [0.15, 0.2) is 48.7 Å². The first-order chi connectivity index (χ1) is 12.8. The van der Waals surface area contributed by atoms with Crippen molar-refractivity contribution < 1.29 is 0 Å². The first-order valence-corrected chi connectivity index (χ1v) is 9.55. The lowest BCUT2D eigenvalue weighted by molar-refractivity contribution is 0.324. The average Bonchev–Trinajstić information content (AvgIpc) is 3.37. The Morgan fingerprint density at radius 1 is 1.04 bits per heavy atom. The highest BCUT2D eigenvalue weighted by Crippen LogP contribution is 2.31. The molecule has 0 spiro atoms. The molecule has 1 aliphatic rings. The number of H-pyrrole nitrogens is 1. The van der Waals surface area contributed by atoms with E-state index in [0.29, 0.717) is 0 Å². The number of aryl methyl sites for hydroxylation is 1. The van der Waals surface area contributed by atoms with E-state index in [0.717, 1.165) is 29.9 Å². The molecule has 1 fully saturated rings. The molecule has 0 saturated carbocycles. The van der Waals surface area contributed by atoms with Gasteiger partial charge in [0.25, 0.3) is 0 Å². The fourth-order valence-electron chi connectivity index (χ4n) is 4.23. The minimum absolute atomic E-state index is 0.962. The van der Waals surface area contributed by atoms with Crippen LogP contribution < -0.4 is 0 Å². The third kappa shape index (κ3) is 2.71. The molecule has 2 aromatic carbocycles. The van der Waals surface area contributed by atoms with E-state index in [1.807, 2.05) is 6.92 Å². The Bertz CT molecular complexity index is 1070. The van der Waals surface area contributed by atoms with Gasteiger partial charge in [-0.05, 0) is 68.2 Å². The minimum Gasteiger partial charge on any atom is -0.346 e. The third-order valence-electron chi connectivity index (χ3n) is 5.58. The molecule has 0 aliphatic carbocycles. The summed E-state index contributed by atoms with van der Waals surface area (Å²) in [6.45, 7) is 6.72. The maximum Gasteiger partial charge on any atom is 0.104 e. The number of likely N-dealkylation sites (tertiary alicyclic amines) is 1. The molecule has 5 rings (SSSR count). The fourth-order valence-corrected chi connectivity index (χ4v) is 4.23. The maximum absolute atomic E-state index is 4.51. The zero-order chi connectivity index (χ0) is 17.5. The van der Waals surface area contributed by atoms with E-state index in [1.54, 1.807) is 0 Å². The van der Waals surface area contributed by atoms with Gasteiger partial charge in [-0.15, -0.1) is 0 Å². The molecule has 132 valence electrons. The number of hydrogen-bond acceptors (Lipinski definition) is 2. The van der Waals surface area contributed by atoms with Gasteiger partial charge < -0.3 is 14.5 Å². The normalized spacial score (nSPS) is 15.4. The second-order valence-corrected chi connectivity index (χ2v) is 7.35. The molecule has 1 N–H and O–H groups in total. The third-order valence-corrected chi connectivity index (χ3v) is 5.58. The van der Waals surface area contributed by atoms with Crippen LogP contribution in [-0.2, 0) is 6.54 Å². The van der Waals surface area contributed by atoms with Crippen molar-refractivity contribution in [2.45, 2.75) is 26.3 Å². The lowest BCUT2D eigenvalue weighted by Crippen LogP contribution is -2.23. The summed E-state index contributed by atoms with van der Waals surface area (Å²) in [7, 11) is 0. The highest BCUT2D eigenvalue weighted by Gasteiger charge is 2.13. The van der Waals surface area contributed by atoms with E-state index in [9.17, 15) is 0 Å². The molecule has 1 aliphatic heterocycles. The van der Waals surface area contributed by atoms with Crippen molar-refractivity contribution in [1.82, 2.24) is 19.4 Å². The van der Waals surface area contributed by atoms with Crippen molar-refractivity contribution in [3.8, 4) is 11.1 Å². The summed E-state index contributed by atoms with van der Waals surface area (Å²) < 4.78 is 2.40. The van der Waals surface area contributed by atoms with Crippen molar-refractivity contribution in [2.24, 2.45) is 0 Å². The van der Waals surface area contributed by atoms with Crippen LogP contribution in [0.25, 0.3) is 33.1 Å². The second kappa shape index (κ2) is 6.29. The predicted molar refractivity (Wildman–Crippen MR) is 107 cm³/mol. The van der Waals surface area contributed by atoms with Gasteiger partial charge in [0.15, 0.2) is 0 Å². The van der Waals surface area contributed by atoms with Crippen LogP contribution in [0.5, 0.6) is 0 Å². The Balaban J connectivity index is 1.51. The Labute approximate surface area is 153 Å². The van der Waals surface area contributed by atoms with Gasteiger partial charge in [-0.1, -0.05) is 18.2 Å². The smallest absolute Gasteiger partial charge is 0.104 e. The molecule has 2 aromatic heterocycles. The monoisotopic (exact) mass is 344 g/mol. The number of hydrogen-bond donors (Lipinski definition) is 1. The van der Waals surface area contributed by atoms with Gasteiger partial charge in [0.05, 0.1) is 11.0 Å². The summed E-state index contributed by atoms with van der Waals surface area (Å²) in [6, 6.07) is 15.4. The number of aromatic nitrogens is 3. The largest absolute Gasteiger partial charge is 0.346 e. The van der Waals surface area contributed by atoms with E-state index < -0.39 is 0 Å². The van der Waals surface area contributed by atoms with Gasteiger partial charge in [0, 0.05) is 30.2 Å². The summed E-state index contributed by atoms with van der Waals surface area (Å²) in [4.78, 5) is 10.4. The molecule has 0 amide bonds. The van der Waals surface area contributed by atoms with E-state index >= 15 is 0 Å². The van der Waals surface area contributed by atoms with E-state index in [-0.39, 0.29) is 0 Å². The zero-order valence-electron chi connectivity index (χ0n) is 15.2. The van der Waals surface area contributed by atoms with Crippen LogP contribution in [0.2, 0.25) is 0 Å². The number of nitrogens with one attached hydrogen (secondary N) is 1. The van der Waals surface area contributed by atoms with Gasteiger partial charge in [-0.25, -0.2) is 4.98 Å². The summed E-state index contributed by atoms with van der Waals surface area (Å²) in [5.41, 5.74) is 5.98. The Morgan fingerprint density at radius 3 is 2.81 bits per heavy atom. The van der Waals surface area contributed by atoms with Crippen LogP contribution in [0, 0.1) is 6.92 Å². The molecule has 26 heavy (non-hydrogen) atoms. The van der Waals surface area contributed by atoms with Crippen molar-refractivity contribution in [1.29, 1.82) is 0 Å². The lowest BCUT2D eigenvalue weighted by Gasteiger charge is -2.15. The molecule has 0 bridgehead atoms. The predicted octanol–water partition coefficient (Wildman–Crippen LogP) is 4.59. The molecule has 1 saturated heterocycles. The van der Waals surface area contributed by atoms with Crippen molar-refractivity contribution >= 4 is 21.9 Å². The van der Waals surface area contributed by atoms with E-state index in [1.165, 1.54) is 48.0 Å². The van der Waals surface area contributed by atoms with Crippen molar-refractivity contribution in [3.63, 3.8) is 0 Å². The summed E-state index contributed by atoms with van der Waals surface area (Å²) in [5, 5.41) is 1.32. The van der Waals surface area contributed by atoms with E-state index in [4.69, 9.17) is 0 Å². The van der Waals surface area contributed by atoms with Gasteiger partial charge >= 0.3 is 0 Å². The molecule has 0 unspecified atom stereocenters. The summed E-state index contributed by atoms with van der Waals surface area (Å²) in [6.07, 6.45) is 4.95.